The average molecular weight is 256 g/mol. The molecule has 2 N–H and O–H groups in total. The summed E-state index contributed by atoms with van der Waals surface area (Å²) in [4.78, 5) is 11.6. The third-order valence-corrected chi connectivity index (χ3v) is 3.14. The highest BCUT2D eigenvalue weighted by atomic mass is 16.6. The third-order valence-electron chi connectivity index (χ3n) is 3.14. The van der Waals surface area contributed by atoms with Gasteiger partial charge >= 0.3 is 6.09 Å². The van der Waals surface area contributed by atoms with E-state index in [-0.39, 0.29) is 12.1 Å². The Balaban J connectivity index is 2.21. The minimum absolute atomic E-state index is 0.206. The van der Waals surface area contributed by atoms with Crippen LogP contribution in [0.1, 0.15) is 59.8 Å². The van der Waals surface area contributed by atoms with E-state index in [1.54, 1.807) is 0 Å². The lowest BCUT2D eigenvalue weighted by atomic mass is 9.97. The predicted octanol–water partition coefficient (Wildman–Crippen LogP) is 2.82. The molecule has 1 fully saturated rings. The zero-order valence-electron chi connectivity index (χ0n) is 12.2. The largest absolute Gasteiger partial charge is 0.444 e. The van der Waals surface area contributed by atoms with E-state index >= 15 is 0 Å². The summed E-state index contributed by atoms with van der Waals surface area (Å²) < 4.78 is 5.25. The molecule has 2 atom stereocenters. The summed E-state index contributed by atoms with van der Waals surface area (Å²) >= 11 is 0. The summed E-state index contributed by atoms with van der Waals surface area (Å²) in [5.41, 5.74) is -0.421. The van der Waals surface area contributed by atoms with Gasteiger partial charge in [0.2, 0.25) is 0 Å². The Labute approximate surface area is 111 Å². The highest BCUT2D eigenvalue weighted by Crippen LogP contribution is 2.14. The van der Waals surface area contributed by atoms with Crippen LogP contribution in [0.2, 0.25) is 0 Å². The molecule has 0 aliphatic carbocycles. The Hall–Kier alpha value is -0.770. The molecule has 106 valence electrons. The fraction of sp³-hybridized carbons (Fsp3) is 0.929. The maximum absolute atomic E-state index is 11.6. The Morgan fingerprint density at radius 3 is 2.61 bits per heavy atom. The first-order valence-electron chi connectivity index (χ1n) is 7.13. The lowest BCUT2D eigenvalue weighted by Gasteiger charge is -2.31. The molecule has 0 aromatic heterocycles. The maximum Gasteiger partial charge on any atom is 0.407 e. The second-order valence-corrected chi connectivity index (χ2v) is 6.17. The lowest BCUT2D eigenvalue weighted by Crippen LogP contribution is -2.50. The van der Waals surface area contributed by atoms with Gasteiger partial charge in [-0.3, -0.25) is 0 Å². The van der Waals surface area contributed by atoms with Crippen molar-refractivity contribution in [3.63, 3.8) is 0 Å². The van der Waals surface area contributed by atoms with E-state index in [0.29, 0.717) is 6.04 Å². The first kappa shape index (κ1) is 15.3. The van der Waals surface area contributed by atoms with Crippen LogP contribution in [0, 0.1) is 0 Å². The number of ether oxygens (including phenoxy) is 1. The molecule has 0 radical (unpaired) electrons. The van der Waals surface area contributed by atoms with Crippen LogP contribution >= 0.6 is 0 Å². The van der Waals surface area contributed by atoms with Crippen molar-refractivity contribution in [1.29, 1.82) is 0 Å². The quantitative estimate of drug-likeness (QED) is 0.813. The standard InChI is InChI=1S/C14H28N2O2/c1-5-6-7-11-8-9-12(10-15-11)16-13(17)18-14(2,3)4/h11-12,15H,5-10H2,1-4H3,(H,16,17). The number of rotatable bonds is 4. The minimum atomic E-state index is -0.421. The van der Waals surface area contributed by atoms with Crippen molar-refractivity contribution < 1.29 is 9.53 Å². The fourth-order valence-corrected chi connectivity index (χ4v) is 2.21. The zero-order chi connectivity index (χ0) is 13.6. The number of hydrogen-bond acceptors (Lipinski definition) is 3. The van der Waals surface area contributed by atoms with Crippen LogP contribution in [0.4, 0.5) is 4.79 Å². The van der Waals surface area contributed by atoms with Crippen LogP contribution in [-0.2, 0) is 4.74 Å². The number of alkyl carbamates (subject to hydrolysis) is 1. The molecule has 0 aromatic carbocycles. The summed E-state index contributed by atoms with van der Waals surface area (Å²) in [6.45, 7) is 8.72. The first-order valence-corrected chi connectivity index (χ1v) is 7.13. The third kappa shape index (κ3) is 6.24. The van der Waals surface area contributed by atoms with Gasteiger partial charge in [-0.05, 0) is 40.0 Å². The number of carbonyl (C=O) groups excluding carboxylic acids is 1. The normalized spacial score (nSPS) is 24.7. The van der Waals surface area contributed by atoms with Gasteiger partial charge in [0, 0.05) is 18.6 Å². The smallest absolute Gasteiger partial charge is 0.407 e. The summed E-state index contributed by atoms with van der Waals surface area (Å²) in [5, 5.41) is 6.43. The van der Waals surface area contributed by atoms with Crippen molar-refractivity contribution in [2.24, 2.45) is 0 Å². The molecular formula is C14H28N2O2. The molecule has 0 bridgehead atoms. The highest BCUT2D eigenvalue weighted by molar-refractivity contribution is 5.68. The Kier molecular flexibility index (Phi) is 5.93. The van der Waals surface area contributed by atoms with Gasteiger partial charge in [0.25, 0.3) is 0 Å². The van der Waals surface area contributed by atoms with Gasteiger partial charge in [-0.15, -0.1) is 0 Å². The Bertz CT molecular complexity index is 253. The van der Waals surface area contributed by atoms with Crippen LogP contribution < -0.4 is 10.6 Å². The molecule has 1 rings (SSSR count). The molecule has 2 unspecified atom stereocenters. The second-order valence-electron chi connectivity index (χ2n) is 6.17. The molecule has 0 aromatic rings. The van der Waals surface area contributed by atoms with Crippen molar-refractivity contribution in [3.05, 3.63) is 0 Å². The number of nitrogens with one attached hydrogen (secondary N) is 2. The maximum atomic E-state index is 11.6. The molecule has 0 spiro atoms. The monoisotopic (exact) mass is 256 g/mol. The summed E-state index contributed by atoms with van der Waals surface area (Å²) in [5.74, 6) is 0. The fourth-order valence-electron chi connectivity index (χ4n) is 2.21. The van der Waals surface area contributed by atoms with E-state index in [2.05, 4.69) is 17.6 Å². The SMILES string of the molecule is CCCCC1CCC(NC(=O)OC(C)(C)C)CN1. The molecule has 1 amide bonds. The van der Waals surface area contributed by atoms with Gasteiger partial charge in [0.05, 0.1) is 0 Å². The molecule has 4 nitrogen and oxygen atoms in total. The van der Waals surface area contributed by atoms with Crippen LogP contribution in [0.5, 0.6) is 0 Å². The molecule has 0 saturated carbocycles. The number of carbonyl (C=O) groups is 1. The van der Waals surface area contributed by atoms with Crippen molar-refractivity contribution in [1.82, 2.24) is 10.6 Å². The van der Waals surface area contributed by atoms with Gasteiger partial charge in [0.15, 0.2) is 0 Å². The molecule has 1 aliphatic rings. The van der Waals surface area contributed by atoms with Crippen LogP contribution in [0.3, 0.4) is 0 Å². The van der Waals surface area contributed by atoms with E-state index in [4.69, 9.17) is 4.74 Å². The van der Waals surface area contributed by atoms with Gasteiger partial charge in [-0.25, -0.2) is 4.79 Å². The second kappa shape index (κ2) is 6.98. The Morgan fingerprint density at radius 2 is 2.11 bits per heavy atom. The van der Waals surface area contributed by atoms with Crippen LogP contribution in [-0.4, -0.2) is 30.3 Å². The van der Waals surface area contributed by atoms with Crippen molar-refractivity contribution in [3.8, 4) is 0 Å². The van der Waals surface area contributed by atoms with E-state index in [1.165, 1.54) is 19.3 Å². The van der Waals surface area contributed by atoms with E-state index in [9.17, 15) is 4.79 Å². The summed E-state index contributed by atoms with van der Waals surface area (Å²) in [6.07, 6.45) is 5.65. The van der Waals surface area contributed by atoms with Crippen LogP contribution in [0.15, 0.2) is 0 Å². The Morgan fingerprint density at radius 1 is 1.39 bits per heavy atom. The van der Waals surface area contributed by atoms with Gasteiger partial charge in [-0.1, -0.05) is 19.8 Å². The highest BCUT2D eigenvalue weighted by Gasteiger charge is 2.23. The van der Waals surface area contributed by atoms with Crippen molar-refractivity contribution in [2.45, 2.75) is 77.5 Å². The lowest BCUT2D eigenvalue weighted by molar-refractivity contribution is 0.0492. The van der Waals surface area contributed by atoms with Crippen molar-refractivity contribution >= 4 is 6.09 Å². The molecular weight excluding hydrogens is 228 g/mol. The number of unbranched alkanes of at least 4 members (excludes halogenated alkanes) is 1. The minimum Gasteiger partial charge on any atom is -0.444 e. The van der Waals surface area contributed by atoms with Gasteiger partial charge in [0.1, 0.15) is 5.60 Å². The molecule has 18 heavy (non-hydrogen) atoms. The molecule has 1 saturated heterocycles. The molecule has 1 aliphatic heterocycles. The van der Waals surface area contributed by atoms with Crippen molar-refractivity contribution in [2.75, 3.05) is 6.54 Å². The molecule has 1 heterocycles. The first-order chi connectivity index (χ1) is 8.40. The number of hydrogen-bond donors (Lipinski definition) is 2. The van der Waals surface area contributed by atoms with Gasteiger partial charge < -0.3 is 15.4 Å². The van der Waals surface area contributed by atoms with Crippen LogP contribution in [0.25, 0.3) is 0 Å². The zero-order valence-corrected chi connectivity index (χ0v) is 12.2. The predicted molar refractivity (Wildman–Crippen MR) is 73.7 cm³/mol. The van der Waals surface area contributed by atoms with E-state index in [0.717, 1.165) is 19.4 Å². The molecule has 4 heteroatoms. The average Bonchev–Trinajstić information content (AvgIpc) is 2.25. The summed E-state index contributed by atoms with van der Waals surface area (Å²) in [7, 11) is 0. The summed E-state index contributed by atoms with van der Waals surface area (Å²) in [6, 6.07) is 0.833. The van der Waals surface area contributed by atoms with E-state index in [1.807, 2.05) is 20.8 Å². The number of piperidine rings is 1. The van der Waals surface area contributed by atoms with E-state index < -0.39 is 5.60 Å². The number of amides is 1. The van der Waals surface area contributed by atoms with Gasteiger partial charge in [-0.2, -0.15) is 0 Å². The topological polar surface area (TPSA) is 50.4 Å².